The van der Waals surface area contributed by atoms with Crippen LogP contribution in [0.3, 0.4) is 0 Å². The maximum atomic E-state index is 13.4. The summed E-state index contributed by atoms with van der Waals surface area (Å²) in [5.41, 5.74) is 2.57. The number of rotatable bonds is 7. The number of anilines is 1. The summed E-state index contributed by atoms with van der Waals surface area (Å²) in [5.74, 6) is 2.27. The topological polar surface area (TPSA) is 92.1 Å². The van der Waals surface area contributed by atoms with Crippen LogP contribution in [0.1, 0.15) is 69.3 Å². The summed E-state index contributed by atoms with van der Waals surface area (Å²) >= 11 is 7.89. The third-order valence-electron chi connectivity index (χ3n) is 12.3. The molecule has 0 spiro atoms. The van der Waals surface area contributed by atoms with Gasteiger partial charge in [0, 0.05) is 66.9 Å². The van der Waals surface area contributed by atoms with Gasteiger partial charge in [-0.25, -0.2) is 4.98 Å². The Labute approximate surface area is 324 Å². The largest absolute Gasteiger partial charge is 0.491 e. The molecule has 2 bridgehead atoms. The van der Waals surface area contributed by atoms with Crippen molar-refractivity contribution >= 4 is 35.1 Å². The number of aryl methyl sites for hydroxylation is 2. The van der Waals surface area contributed by atoms with Gasteiger partial charge in [-0.05, 0) is 104 Å². The van der Waals surface area contributed by atoms with Crippen molar-refractivity contribution in [3.05, 3.63) is 82.9 Å². The number of aliphatic hydroxyl groups is 1. The van der Waals surface area contributed by atoms with Crippen LogP contribution in [0.2, 0.25) is 5.02 Å². The van der Waals surface area contributed by atoms with Crippen molar-refractivity contribution in [3.8, 4) is 5.75 Å². The number of nitrogens with one attached hydrogen (secondary N) is 1. The van der Waals surface area contributed by atoms with Crippen molar-refractivity contribution in [2.75, 3.05) is 50.9 Å². The Morgan fingerprint density at radius 1 is 1.13 bits per heavy atom. The lowest BCUT2D eigenvalue weighted by molar-refractivity contribution is -0.123. The molecule has 1 aliphatic carbocycles. The number of β-amino-alcohol motifs (C(OH)–C–C–N with tert-alkyl or cyclic N) is 1. The lowest BCUT2D eigenvalue weighted by Crippen LogP contribution is -2.59. The predicted octanol–water partition coefficient (Wildman–Crippen LogP) is 7.29. The number of imidazole rings is 1. The minimum atomic E-state index is -1.04. The van der Waals surface area contributed by atoms with Crippen molar-refractivity contribution in [2.45, 2.75) is 88.8 Å². The molecule has 2 N–H and O–H groups in total. The second-order valence-electron chi connectivity index (χ2n) is 15.9. The van der Waals surface area contributed by atoms with Gasteiger partial charge in [0.05, 0.1) is 37.2 Å². The number of hydrogen-bond donors (Lipinski definition) is 2. The van der Waals surface area contributed by atoms with Gasteiger partial charge in [-0.3, -0.25) is 14.4 Å². The van der Waals surface area contributed by atoms with Crippen molar-refractivity contribution in [3.63, 3.8) is 0 Å². The van der Waals surface area contributed by atoms with Gasteiger partial charge in [0.2, 0.25) is 5.91 Å². The number of fused-ring (bicyclic) bond motifs is 2. The van der Waals surface area contributed by atoms with E-state index in [0.29, 0.717) is 32.8 Å². The number of allylic oxidation sites excluding steroid dienone is 1. The first-order chi connectivity index (χ1) is 25.6. The van der Waals surface area contributed by atoms with Gasteiger partial charge in [0.1, 0.15) is 11.6 Å². The van der Waals surface area contributed by atoms with Gasteiger partial charge in [-0.1, -0.05) is 57.0 Å². The fourth-order valence-electron chi connectivity index (χ4n) is 8.75. The van der Waals surface area contributed by atoms with E-state index in [4.69, 9.17) is 21.1 Å². The molecule has 1 saturated heterocycles. The van der Waals surface area contributed by atoms with Crippen LogP contribution < -0.4 is 14.4 Å². The van der Waals surface area contributed by atoms with E-state index in [9.17, 15) is 9.90 Å². The number of hydrogen-bond acceptors (Lipinski definition) is 8. The number of carbonyl (C=O) groups excluding carboxylic acids is 1. The molecule has 4 aliphatic rings. The summed E-state index contributed by atoms with van der Waals surface area (Å²) in [7, 11) is 0. The van der Waals surface area contributed by atoms with Crippen LogP contribution in [-0.4, -0.2) is 83.1 Å². The Morgan fingerprint density at radius 2 is 2.00 bits per heavy atom. The molecule has 286 valence electrons. The van der Waals surface area contributed by atoms with Gasteiger partial charge in [-0.2, -0.15) is 0 Å². The molecule has 53 heavy (non-hydrogen) atoms. The van der Waals surface area contributed by atoms with E-state index < -0.39 is 5.60 Å². The summed E-state index contributed by atoms with van der Waals surface area (Å²) in [6.07, 6.45) is 12.8. The van der Waals surface area contributed by atoms with Crippen LogP contribution in [0.25, 0.3) is 0 Å². The Balaban J connectivity index is 1.23. The highest BCUT2D eigenvalue weighted by molar-refractivity contribution is 7.98. The first-order valence-electron chi connectivity index (χ1n) is 19.6. The molecule has 7 atom stereocenters. The third kappa shape index (κ3) is 8.62. The number of morpholine rings is 1. The maximum absolute atomic E-state index is 13.4. The Morgan fingerprint density at radius 3 is 2.77 bits per heavy atom. The number of carbonyl (C=O) groups is 1. The molecule has 9 nitrogen and oxygen atoms in total. The molecule has 7 unspecified atom stereocenters. The Hall–Kier alpha value is -3.02. The SMILES string of the molecule is CCCc1cc(Cl)ccc1C1COc2ccc3cc2N(C1)CC1CCC1C(O)(CN1CCOCC1Cn1ccnc1C)/C=C/CC(C)C(C)C(=O)NS3. The van der Waals surface area contributed by atoms with E-state index in [-0.39, 0.29) is 41.5 Å². The summed E-state index contributed by atoms with van der Waals surface area (Å²) in [6.45, 7) is 13.8. The normalized spacial score (nSPS) is 30.4. The van der Waals surface area contributed by atoms with Crippen LogP contribution in [0.15, 0.2) is 65.8 Å². The van der Waals surface area contributed by atoms with Gasteiger partial charge < -0.3 is 24.0 Å². The highest BCUT2D eigenvalue weighted by Crippen LogP contribution is 2.47. The number of nitrogens with zero attached hydrogens (tertiary/aromatic N) is 4. The monoisotopic (exact) mass is 761 g/mol. The first kappa shape index (κ1) is 38.3. The molecule has 7 rings (SSSR count). The van der Waals surface area contributed by atoms with E-state index in [1.54, 1.807) is 0 Å². The molecule has 11 heteroatoms. The van der Waals surface area contributed by atoms with Crippen molar-refractivity contribution in [2.24, 2.45) is 23.7 Å². The second kappa shape index (κ2) is 16.8. The van der Waals surface area contributed by atoms with Gasteiger partial charge in [0.25, 0.3) is 0 Å². The molecular formula is C42H56ClN5O4S. The molecule has 2 fully saturated rings. The molecule has 0 radical (unpaired) electrons. The number of halogens is 1. The molecule has 3 aromatic rings. The number of aromatic nitrogens is 2. The zero-order chi connectivity index (χ0) is 37.1. The summed E-state index contributed by atoms with van der Waals surface area (Å²) < 4.78 is 17.9. The molecule has 2 aromatic carbocycles. The second-order valence-corrected chi connectivity index (χ2v) is 17.2. The summed E-state index contributed by atoms with van der Waals surface area (Å²) in [4.78, 5) is 23.7. The standard InChI is InChI=1S/C42H56ClN5O4S/c1-5-7-31-20-34(43)10-12-37(31)33-23-48-22-32-9-13-38(32)42(50,27-47-18-19-51-26-35(47)24-46-17-16-44-30(46)4)15-6-8-28(2)29(3)41(49)45-53-36-11-14-40(52-25-33)39(48)21-36/h6,10-12,14-17,20-21,28-29,32-33,35,38,50H,5,7-9,13,18-19,22-27H2,1-4H3,(H,45,49)/b15-6+. The van der Waals surface area contributed by atoms with Crippen LogP contribution in [0.4, 0.5) is 5.69 Å². The van der Waals surface area contributed by atoms with E-state index >= 15 is 0 Å². The van der Waals surface area contributed by atoms with Crippen molar-refractivity contribution in [1.82, 2.24) is 19.2 Å². The van der Waals surface area contributed by atoms with Crippen LogP contribution in [0.5, 0.6) is 5.75 Å². The molecule has 4 heterocycles. The molecule has 3 aliphatic heterocycles. The fraction of sp³-hybridized carbons (Fsp3) is 0.571. The van der Waals surface area contributed by atoms with E-state index in [1.807, 2.05) is 38.4 Å². The predicted molar refractivity (Wildman–Crippen MR) is 213 cm³/mol. The van der Waals surface area contributed by atoms with Crippen LogP contribution in [-0.2, 0) is 22.5 Å². The van der Waals surface area contributed by atoms with Crippen molar-refractivity contribution < 1.29 is 19.4 Å². The Kier molecular flexibility index (Phi) is 12.1. The molecule has 1 amide bonds. The molecule has 1 aromatic heterocycles. The maximum Gasteiger partial charge on any atom is 0.233 e. The minimum absolute atomic E-state index is 0.0116. The molecule has 1 saturated carbocycles. The average molecular weight is 762 g/mol. The zero-order valence-electron chi connectivity index (χ0n) is 31.7. The fourth-order valence-corrected chi connectivity index (χ4v) is 9.65. The van der Waals surface area contributed by atoms with Gasteiger partial charge in [0.15, 0.2) is 0 Å². The van der Waals surface area contributed by atoms with Crippen molar-refractivity contribution in [1.29, 1.82) is 0 Å². The highest BCUT2D eigenvalue weighted by Gasteiger charge is 2.48. The van der Waals surface area contributed by atoms with E-state index in [1.165, 1.54) is 23.1 Å². The third-order valence-corrected chi connectivity index (χ3v) is 13.3. The van der Waals surface area contributed by atoms with Gasteiger partial charge >= 0.3 is 0 Å². The minimum Gasteiger partial charge on any atom is -0.491 e. The quantitative estimate of drug-likeness (QED) is 0.192. The summed E-state index contributed by atoms with van der Waals surface area (Å²) in [6, 6.07) is 12.7. The number of ether oxygens (including phenoxy) is 2. The summed E-state index contributed by atoms with van der Waals surface area (Å²) in [5, 5.41) is 13.7. The van der Waals surface area contributed by atoms with Gasteiger partial charge in [-0.15, -0.1) is 0 Å². The average Bonchev–Trinajstić information content (AvgIpc) is 3.44. The lowest BCUT2D eigenvalue weighted by atomic mass is 9.64. The Bertz CT molecular complexity index is 1770. The lowest BCUT2D eigenvalue weighted by Gasteiger charge is -2.50. The van der Waals surface area contributed by atoms with Crippen LogP contribution >= 0.6 is 23.5 Å². The first-order valence-corrected chi connectivity index (χ1v) is 20.8. The zero-order valence-corrected chi connectivity index (χ0v) is 33.2. The smallest absolute Gasteiger partial charge is 0.233 e. The van der Waals surface area contributed by atoms with E-state index in [0.717, 1.165) is 79.0 Å². The highest BCUT2D eigenvalue weighted by atomic mass is 35.5. The number of benzene rings is 2. The molecular weight excluding hydrogens is 706 g/mol. The van der Waals surface area contributed by atoms with E-state index in [2.05, 4.69) is 74.3 Å². The number of amides is 1. The van der Waals surface area contributed by atoms with Crippen LogP contribution in [0, 0.1) is 30.6 Å².